The van der Waals surface area contributed by atoms with Crippen LogP contribution in [0.2, 0.25) is 5.02 Å². The molecule has 132 valence electrons. The second kappa shape index (κ2) is 8.41. The topological polar surface area (TPSA) is 64.7 Å². The standard InChI is InChI=1S/C19H21ClN2O2S/c1-5-24-19(23)17-10-16(18(25-17)22-13(4)21)12(3)11(2)14-6-8-15(20)9-7-14/h6-10,12,16H,2,4-5,21H2,1,3H3/b22-18+. The molecule has 0 saturated carbocycles. The van der Waals surface area contributed by atoms with Gasteiger partial charge in [-0.2, -0.15) is 0 Å². The summed E-state index contributed by atoms with van der Waals surface area (Å²) in [4.78, 5) is 16.9. The molecule has 0 amide bonds. The first-order valence-corrected chi connectivity index (χ1v) is 9.07. The molecule has 25 heavy (non-hydrogen) atoms. The highest BCUT2D eigenvalue weighted by molar-refractivity contribution is 8.18. The second-order valence-electron chi connectivity index (χ2n) is 5.64. The molecule has 2 rings (SSSR count). The third-order valence-electron chi connectivity index (χ3n) is 3.86. The van der Waals surface area contributed by atoms with Crippen molar-refractivity contribution in [2.45, 2.75) is 13.8 Å². The lowest BCUT2D eigenvalue weighted by Gasteiger charge is -2.21. The summed E-state index contributed by atoms with van der Waals surface area (Å²) in [6.45, 7) is 12.0. The lowest BCUT2D eigenvalue weighted by Crippen LogP contribution is -2.16. The number of hydrogen-bond donors (Lipinski definition) is 1. The van der Waals surface area contributed by atoms with Gasteiger partial charge >= 0.3 is 5.97 Å². The number of aliphatic imine (C=N–C) groups is 1. The van der Waals surface area contributed by atoms with Gasteiger partial charge in [0.05, 0.1) is 16.6 Å². The molecule has 4 nitrogen and oxygen atoms in total. The van der Waals surface area contributed by atoms with Crippen LogP contribution in [0, 0.1) is 11.8 Å². The predicted molar refractivity (Wildman–Crippen MR) is 106 cm³/mol. The number of allylic oxidation sites excluding steroid dienone is 2. The normalized spacial score (nSPS) is 19.4. The van der Waals surface area contributed by atoms with Crippen molar-refractivity contribution in [2.75, 3.05) is 6.61 Å². The molecule has 2 atom stereocenters. The van der Waals surface area contributed by atoms with Gasteiger partial charge in [0.25, 0.3) is 0 Å². The van der Waals surface area contributed by atoms with E-state index in [9.17, 15) is 4.79 Å². The fourth-order valence-electron chi connectivity index (χ4n) is 2.50. The molecule has 0 bridgehead atoms. The number of benzene rings is 1. The van der Waals surface area contributed by atoms with Crippen molar-refractivity contribution < 1.29 is 9.53 Å². The number of nitrogens with two attached hydrogens (primary N) is 1. The molecule has 0 aromatic heterocycles. The molecule has 1 aromatic rings. The maximum absolute atomic E-state index is 12.1. The van der Waals surface area contributed by atoms with Crippen LogP contribution < -0.4 is 5.73 Å². The Bertz CT molecular complexity index is 753. The zero-order chi connectivity index (χ0) is 18.6. The minimum Gasteiger partial charge on any atom is -0.462 e. The van der Waals surface area contributed by atoms with Gasteiger partial charge in [0.1, 0.15) is 5.82 Å². The van der Waals surface area contributed by atoms with Crippen LogP contribution in [0.15, 0.2) is 59.2 Å². The fourth-order valence-corrected chi connectivity index (χ4v) is 3.78. The molecule has 2 unspecified atom stereocenters. The smallest absolute Gasteiger partial charge is 0.344 e. The summed E-state index contributed by atoms with van der Waals surface area (Å²) in [5, 5.41) is 1.39. The Morgan fingerprint density at radius 3 is 2.60 bits per heavy atom. The van der Waals surface area contributed by atoms with Gasteiger partial charge < -0.3 is 10.5 Å². The first-order chi connectivity index (χ1) is 11.8. The van der Waals surface area contributed by atoms with Gasteiger partial charge in [-0.3, -0.25) is 0 Å². The van der Waals surface area contributed by atoms with E-state index < -0.39 is 0 Å². The molecule has 6 heteroatoms. The van der Waals surface area contributed by atoms with Crippen molar-refractivity contribution in [2.24, 2.45) is 22.6 Å². The van der Waals surface area contributed by atoms with E-state index in [1.165, 1.54) is 11.8 Å². The van der Waals surface area contributed by atoms with Crippen LogP contribution in [-0.2, 0) is 9.53 Å². The maximum atomic E-state index is 12.1. The molecule has 0 spiro atoms. The molecule has 1 aliphatic heterocycles. The first kappa shape index (κ1) is 19.3. The first-order valence-electron chi connectivity index (χ1n) is 7.88. The van der Waals surface area contributed by atoms with Crippen molar-refractivity contribution in [1.82, 2.24) is 0 Å². The van der Waals surface area contributed by atoms with E-state index in [1.807, 2.05) is 37.3 Å². The van der Waals surface area contributed by atoms with E-state index in [1.54, 1.807) is 6.92 Å². The van der Waals surface area contributed by atoms with Crippen LogP contribution in [0.3, 0.4) is 0 Å². The molecule has 1 aliphatic rings. The van der Waals surface area contributed by atoms with Crippen molar-refractivity contribution in [3.8, 4) is 0 Å². The zero-order valence-electron chi connectivity index (χ0n) is 14.3. The van der Waals surface area contributed by atoms with Crippen LogP contribution in [0.5, 0.6) is 0 Å². The summed E-state index contributed by atoms with van der Waals surface area (Å²) in [6, 6.07) is 7.51. The van der Waals surface area contributed by atoms with Gasteiger partial charge in [0.2, 0.25) is 0 Å². The lowest BCUT2D eigenvalue weighted by atomic mass is 9.85. The molecule has 1 aromatic carbocycles. The quantitative estimate of drug-likeness (QED) is 0.735. The number of ether oxygens (including phenoxy) is 1. The molecule has 0 radical (unpaired) electrons. The van der Waals surface area contributed by atoms with Crippen molar-refractivity contribution in [1.29, 1.82) is 0 Å². The van der Waals surface area contributed by atoms with E-state index in [0.717, 1.165) is 16.2 Å². The van der Waals surface area contributed by atoms with Crippen LogP contribution in [0.4, 0.5) is 0 Å². The van der Waals surface area contributed by atoms with Crippen LogP contribution in [-0.4, -0.2) is 17.6 Å². The van der Waals surface area contributed by atoms with E-state index >= 15 is 0 Å². The van der Waals surface area contributed by atoms with E-state index in [2.05, 4.69) is 18.2 Å². The van der Waals surface area contributed by atoms with Crippen LogP contribution in [0.1, 0.15) is 19.4 Å². The molecular formula is C19H21ClN2O2S. The molecular weight excluding hydrogens is 356 g/mol. The van der Waals surface area contributed by atoms with Gasteiger partial charge in [0, 0.05) is 10.9 Å². The summed E-state index contributed by atoms with van der Waals surface area (Å²) >= 11 is 7.22. The molecule has 0 aliphatic carbocycles. The summed E-state index contributed by atoms with van der Waals surface area (Å²) in [5.74, 6) is -0.253. The van der Waals surface area contributed by atoms with Crippen molar-refractivity contribution in [3.63, 3.8) is 0 Å². The minimum absolute atomic E-state index is 0.0127. The third-order valence-corrected chi connectivity index (χ3v) is 5.21. The van der Waals surface area contributed by atoms with E-state index in [0.29, 0.717) is 16.5 Å². The number of carbonyl (C=O) groups excluding carboxylic acids is 1. The monoisotopic (exact) mass is 376 g/mol. The average Bonchev–Trinajstić information content (AvgIpc) is 2.97. The Hall–Kier alpha value is -1.98. The predicted octanol–water partition coefficient (Wildman–Crippen LogP) is 4.63. The summed E-state index contributed by atoms with van der Waals surface area (Å²) < 4.78 is 5.09. The summed E-state index contributed by atoms with van der Waals surface area (Å²) in [5.41, 5.74) is 7.57. The van der Waals surface area contributed by atoms with Crippen LogP contribution >= 0.6 is 23.4 Å². The Morgan fingerprint density at radius 1 is 1.40 bits per heavy atom. The molecule has 1 heterocycles. The zero-order valence-corrected chi connectivity index (χ0v) is 15.9. The summed E-state index contributed by atoms with van der Waals surface area (Å²) in [7, 11) is 0. The number of rotatable bonds is 6. The van der Waals surface area contributed by atoms with E-state index in [4.69, 9.17) is 22.1 Å². The van der Waals surface area contributed by atoms with Crippen molar-refractivity contribution >= 4 is 39.9 Å². The van der Waals surface area contributed by atoms with Gasteiger partial charge in [-0.15, -0.1) is 0 Å². The largest absolute Gasteiger partial charge is 0.462 e. The highest BCUT2D eigenvalue weighted by Crippen LogP contribution is 2.41. The Morgan fingerprint density at radius 2 is 2.04 bits per heavy atom. The van der Waals surface area contributed by atoms with Crippen LogP contribution in [0.25, 0.3) is 5.57 Å². The number of thioether (sulfide) groups is 1. The molecule has 2 N–H and O–H groups in total. The lowest BCUT2D eigenvalue weighted by molar-refractivity contribution is -0.137. The number of nitrogens with zero attached hydrogens (tertiary/aromatic N) is 1. The average molecular weight is 377 g/mol. The minimum atomic E-state index is -0.352. The van der Waals surface area contributed by atoms with Gasteiger partial charge in [-0.1, -0.05) is 61.7 Å². The van der Waals surface area contributed by atoms with Gasteiger partial charge in [0.15, 0.2) is 0 Å². The number of hydrogen-bond acceptors (Lipinski definition) is 5. The molecule has 0 fully saturated rings. The Balaban J connectivity index is 2.30. The third kappa shape index (κ3) is 4.77. The number of halogens is 1. The highest BCUT2D eigenvalue weighted by atomic mass is 35.5. The maximum Gasteiger partial charge on any atom is 0.344 e. The van der Waals surface area contributed by atoms with Gasteiger partial charge in [-0.05, 0) is 36.1 Å². The summed E-state index contributed by atoms with van der Waals surface area (Å²) in [6.07, 6.45) is 1.87. The SMILES string of the molecule is C=C(N)/N=C1/SC(C(=O)OCC)=CC1C(C)C(=C)c1ccc(Cl)cc1. The highest BCUT2D eigenvalue weighted by Gasteiger charge is 2.33. The second-order valence-corrected chi connectivity index (χ2v) is 7.14. The van der Waals surface area contributed by atoms with Crippen molar-refractivity contribution in [3.05, 3.63) is 64.8 Å². The fraction of sp³-hybridized carbons (Fsp3) is 0.263. The number of esters is 1. The Kier molecular flexibility index (Phi) is 6.51. The molecule has 0 saturated heterocycles. The number of carbonyl (C=O) groups is 1. The Labute approximate surface area is 157 Å². The van der Waals surface area contributed by atoms with Gasteiger partial charge in [-0.25, -0.2) is 9.79 Å². The van der Waals surface area contributed by atoms with E-state index in [-0.39, 0.29) is 23.6 Å².